The van der Waals surface area contributed by atoms with Crippen LogP contribution in [0.25, 0.3) is 22.0 Å². The first-order valence-electron chi connectivity index (χ1n) is 11.4. The first-order chi connectivity index (χ1) is 16.5. The number of aliphatic hydroxyl groups is 1. The summed E-state index contributed by atoms with van der Waals surface area (Å²) in [6.07, 6.45) is 0.806. The highest BCUT2D eigenvalue weighted by Gasteiger charge is 2.30. The largest absolute Gasteiger partial charge is 0.395 e. The summed E-state index contributed by atoms with van der Waals surface area (Å²) >= 11 is 1.58. The van der Waals surface area contributed by atoms with E-state index in [9.17, 15) is 13.5 Å². The standard InChI is InChI=1S/C26H27N3O3S2/c30-16-24-18-34(31,32)14-13-29(24)12-11-19-5-9-23(10-6-19)27-26-28-25(17-33-26)22-8-7-20-3-1-2-4-21(20)15-22/h1-10,15,17,24,30H,11-14,16,18H2,(H,27,28). The van der Waals surface area contributed by atoms with E-state index >= 15 is 0 Å². The molecule has 0 saturated carbocycles. The summed E-state index contributed by atoms with van der Waals surface area (Å²) in [4.78, 5) is 6.84. The molecule has 1 aliphatic rings. The quantitative estimate of drug-likeness (QED) is 0.399. The van der Waals surface area contributed by atoms with Crippen LogP contribution in [0.4, 0.5) is 10.8 Å². The molecule has 0 aliphatic carbocycles. The second-order valence-electron chi connectivity index (χ2n) is 8.66. The topological polar surface area (TPSA) is 82.5 Å². The van der Waals surface area contributed by atoms with Gasteiger partial charge in [0.2, 0.25) is 0 Å². The lowest BCUT2D eigenvalue weighted by atomic mass is 10.1. The van der Waals surface area contributed by atoms with Crippen LogP contribution >= 0.6 is 11.3 Å². The van der Waals surface area contributed by atoms with Gasteiger partial charge < -0.3 is 10.4 Å². The first-order valence-corrected chi connectivity index (χ1v) is 14.1. The van der Waals surface area contributed by atoms with E-state index in [4.69, 9.17) is 4.98 Å². The van der Waals surface area contributed by atoms with Crippen molar-refractivity contribution in [1.82, 2.24) is 9.88 Å². The fraction of sp³-hybridized carbons (Fsp3) is 0.269. The number of nitrogens with zero attached hydrogens (tertiary/aromatic N) is 2. The average molecular weight is 494 g/mol. The Balaban J connectivity index is 1.20. The molecule has 6 nitrogen and oxygen atoms in total. The van der Waals surface area contributed by atoms with Gasteiger partial charge in [-0.15, -0.1) is 11.3 Å². The average Bonchev–Trinajstić information content (AvgIpc) is 3.32. The van der Waals surface area contributed by atoms with Gasteiger partial charge in [-0.2, -0.15) is 0 Å². The van der Waals surface area contributed by atoms with E-state index in [1.807, 2.05) is 24.3 Å². The van der Waals surface area contributed by atoms with Crippen molar-refractivity contribution in [3.05, 3.63) is 77.7 Å². The summed E-state index contributed by atoms with van der Waals surface area (Å²) in [6, 6.07) is 22.6. The van der Waals surface area contributed by atoms with Gasteiger partial charge in [0.15, 0.2) is 15.0 Å². The van der Waals surface area contributed by atoms with Crippen LogP contribution in [0.15, 0.2) is 72.1 Å². The molecule has 176 valence electrons. The van der Waals surface area contributed by atoms with Crippen LogP contribution in [0.2, 0.25) is 0 Å². The van der Waals surface area contributed by atoms with Crippen LogP contribution in [0.5, 0.6) is 0 Å². The molecule has 0 spiro atoms. The molecule has 4 aromatic rings. The molecule has 0 radical (unpaired) electrons. The minimum atomic E-state index is -3.04. The molecule has 0 bridgehead atoms. The van der Waals surface area contributed by atoms with Gasteiger partial charge in [-0.05, 0) is 41.0 Å². The zero-order valence-electron chi connectivity index (χ0n) is 18.7. The molecule has 1 aromatic heterocycles. The SMILES string of the molecule is O=S1(=O)CCN(CCc2ccc(Nc3nc(-c4ccc5ccccc5c4)cs3)cc2)C(CO)C1. The van der Waals surface area contributed by atoms with Gasteiger partial charge in [-0.3, -0.25) is 4.90 Å². The third-order valence-electron chi connectivity index (χ3n) is 6.31. The number of nitrogens with one attached hydrogen (secondary N) is 1. The number of thiazole rings is 1. The number of hydrogen-bond donors (Lipinski definition) is 2. The van der Waals surface area contributed by atoms with Crippen molar-refractivity contribution in [2.75, 3.05) is 36.5 Å². The van der Waals surface area contributed by atoms with Crippen LogP contribution in [0, 0.1) is 0 Å². The predicted octanol–water partition coefficient (Wildman–Crippen LogP) is 4.34. The van der Waals surface area contributed by atoms with Gasteiger partial charge in [0, 0.05) is 35.8 Å². The van der Waals surface area contributed by atoms with Crippen LogP contribution < -0.4 is 5.32 Å². The lowest BCUT2D eigenvalue weighted by molar-refractivity contribution is 0.137. The van der Waals surface area contributed by atoms with E-state index in [-0.39, 0.29) is 24.2 Å². The van der Waals surface area contributed by atoms with Gasteiger partial charge in [-0.1, -0.05) is 48.5 Å². The fourth-order valence-corrected chi connectivity index (χ4v) is 6.67. The van der Waals surface area contributed by atoms with E-state index in [0.29, 0.717) is 6.54 Å². The monoisotopic (exact) mass is 493 g/mol. The van der Waals surface area contributed by atoms with Gasteiger partial charge in [-0.25, -0.2) is 13.4 Å². The number of anilines is 2. The molecule has 1 aliphatic heterocycles. The number of fused-ring (bicyclic) bond motifs is 1. The smallest absolute Gasteiger partial charge is 0.187 e. The first kappa shape index (κ1) is 23.0. The van der Waals surface area contributed by atoms with E-state index in [1.165, 1.54) is 16.3 Å². The van der Waals surface area contributed by atoms with E-state index in [0.717, 1.165) is 35.0 Å². The molecular weight excluding hydrogens is 466 g/mol. The van der Waals surface area contributed by atoms with E-state index < -0.39 is 9.84 Å². The maximum Gasteiger partial charge on any atom is 0.187 e. The Hall–Kier alpha value is -2.78. The molecule has 3 aromatic carbocycles. The second kappa shape index (κ2) is 9.84. The summed E-state index contributed by atoms with van der Waals surface area (Å²) in [7, 11) is -3.04. The number of benzene rings is 3. The number of aliphatic hydroxyl groups excluding tert-OH is 1. The van der Waals surface area contributed by atoms with Crippen molar-refractivity contribution in [2.24, 2.45) is 0 Å². The third kappa shape index (κ3) is 5.31. The highest BCUT2D eigenvalue weighted by molar-refractivity contribution is 7.91. The molecule has 5 rings (SSSR count). The molecule has 0 amide bonds. The lowest BCUT2D eigenvalue weighted by Gasteiger charge is -2.34. The molecular formula is C26H27N3O3S2. The number of hydrogen-bond acceptors (Lipinski definition) is 7. The highest BCUT2D eigenvalue weighted by atomic mass is 32.2. The predicted molar refractivity (Wildman–Crippen MR) is 140 cm³/mol. The summed E-state index contributed by atoms with van der Waals surface area (Å²) in [5.41, 5.74) is 4.20. The van der Waals surface area contributed by atoms with Crippen LogP contribution in [0.3, 0.4) is 0 Å². The molecule has 2 heterocycles. The minimum absolute atomic E-state index is 0.0430. The number of rotatable bonds is 7. The highest BCUT2D eigenvalue weighted by Crippen LogP contribution is 2.29. The van der Waals surface area contributed by atoms with Crippen LogP contribution in [0.1, 0.15) is 5.56 Å². The Labute approximate surface area is 203 Å². The minimum Gasteiger partial charge on any atom is -0.395 e. The third-order valence-corrected chi connectivity index (χ3v) is 8.76. The molecule has 1 unspecified atom stereocenters. The lowest BCUT2D eigenvalue weighted by Crippen LogP contribution is -2.50. The van der Waals surface area contributed by atoms with Gasteiger partial charge in [0.1, 0.15) is 0 Å². The van der Waals surface area contributed by atoms with Gasteiger partial charge >= 0.3 is 0 Å². The molecule has 1 saturated heterocycles. The molecule has 1 atom stereocenters. The van der Waals surface area contributed by atoms with Crippen molar-refractivity contribution in [1.29, 1.82) is 0 Å². The summed E-state index contributed by atoms with van der Waals surface area (Å²) in [5, 5.41) is 18.3. The Morgan fingerprint density at radius 3 is 2.65 bits per heavy atom. The Bertz CT molecular complexity index is 1380. The second-order valence-corrected chi connectivity index (χ2v) is 11.7. The Kier molecular flexibility index (Phi) is 6.65. The summed E-state index contributed by atoms with van der Waals surface area (Å²) in [6.45, 7) is 1.09. The van der Waals surface area contributed by atoms with Crippen molar-refractivity contribution in [2.45, 2.75) is 12.5 Å². The zero-order valence-corrected chi connectivity index (χ0v) is 20.4. The van der Waals surface area contributed by atoms with E-state index in [2.05, 4.69) is 58.1 Å². The summed E-state index contributed by atoms with van der Waals surface area (Å²) < 4.78 is 23.6. The van der Waals surface area contributed by atoms with Crippen molar-refractivity contribution >= 4 is 42.8 Å². The number of aromatic nitrogens is 1. The van der Waals surface area contributed by atoms with Crippen molar-refractivity contribution in [3.63, 3.8) is 0 Å². The molecule has 8 heteroatoms. The molecule has 2 N–H and O–H groups in total. The van der Waals surface area contributed by atoms with Crippen LogP contribution in [-0.4, -0.2) is 60.7 Å². The van der Waals surface area contributed by atoms with Gasteiger partial charge in [0.05, 0.1) is 23.8 Å². The maximum atomic E-state index is 11.8. The molecule has 34 heavy (non-hydrogen) atoms. The maximum absolute atomic E-state index is 11.8. The van der Waals surface area contributed by atoms with Crippen molar-refractivity contribution in [3.8, 4) is 11.3 Å². The Morgan fingerprint density at radius 1 is 1.06 bits per heavy atom. The van der Waals surface area contributed by atoms with E-state index in [1.54, 1.807) is 11.3 Å². The summed E-state index contributed by atoms with van der Waals surface area (Å²) in [5.74, 6) is 0.211. The number of sulfone groups is 1. The molecule has 1 fully saturated rings. The normalized spacial score (nSPS) is 18.2. The fourth-order valence-electron chi connectivity index (χ4n) is 4.35. The van der Waals surface area contributed by atoms with Gasteiger partial charge in [0.25, 0.3) is 0 Å². The van der Waals surface area contributed by atoms with Crippen LogP contribution in [-0.2, 0) is 16.3 Å². The zero-order chi connectivity index (χ0) is 23.5. The Morgan fingerprint density at radius 2 is 1.85 bits per heavy atom. The van der Waals surface area contributed by atoms with Crippen molar-refractivity contribution < 1.29 is 13.5 Å².